The van der Waals surface area contributed by atoms with Gasteiger partial charge in [-0.2, -0.15) is 0 Å². The van der Waals surface area contributed by atoms with Gasteiger partial charge in [0.05, 0.1) is 12.3 Å². The van der Waals surface area contributed by atoms with Gasteiger partial charge in [0.25, 0.3) is 0 Å². The first-order chi connectivity index (χ1) is 4.76. The molecule has 0 fully saturated rings. The Morgan fingerprint density at radius 1 is 1.60 bits per heavy atom. The second-order valence-electron chi connectivity index (χ2n) is 1.83. The summed E-state index contributed by atoms with van der Waals surface area (Å²) in [7, 11) is 1.71. The molecule has 0 aliphatic heterocycles. The predicted molar refractivity (Wildman–Crippen MR) is 41.0 cm³/mol. The van der Waals surface area contributed by atoms with Crippen LogP contribution in [-0.2, 0) is 0 Å². The van der Waals surface area contributed by atoms with Gasteiger partial charge >= 0.3 is 0 Å². The van der Waals surface area contributed by atoms with Crippen LogP contribution in [0.5, 0.6) is 0 Å². The van der Waals surface area contributed by atoms with Gasteiger partial charge in [0.15, 0.2) is 0 Å². The Morgan fingerprint density at radius 2 is 2.20 bits per heavy atom. The van der Waals surface area contributed by atoms with Crippen molar-refractivity contribution < 1.29 is 5.11 Å². The fourth-order valence-electron chi connectivity index (χ4n) is 0.601. The molecule has 5 N–H and O–H groups in total. The average Bonchev–Trinajstić information content (AvgIpc) is 1.99. The molecule has 60 valence electrons. The van der Waals surface area contributed by atoms with E-state index in [1.165, 1.54) is 0 Å². The Labute approximate surface area is 61.1 Å². The van der Waals surface area contributed by atoms with Crippen LogP contribution in [0, 0.1) is 0 Å². The summed E-state index contributed by atoms with van der Waals surface area (Å²) in [6, 6.07) is 0. The van der Waals surface area contributed by atoms with Gasteiger partial charge in [0.2, 0.25) is 0 Å². The lowest BCUT2D eigenvalue weighted by atomic mass is 10.4. The number of rotatable bonds is 4. The molecule has 0 aliphatic carbocycles. The fraction of sp³-hybridized carbons (Fsp3) is 0.667. The van der Waals surface area contributed by atoms with Gasteiger partial charge < -0.3 is 21.5 Å². The van der Waals surface area contributed by atoms with Crippen molar-refractivity contribution in [2.45, 2.75) is 6.92 Å². The molecule has 0 aromatic carbocycles. The Balaban J connectivity index is 4.00. The third kappa shape index (κ3) is 2.59. The van der Waals surface area contributed by atoms with E-state index in [0.717, 1.165) is 6.54 Å². The summed E-state index contributed by atoms with van der Waals surface area (Å²) in [6.07, 6.45) is 0. The molecule has 0 radical (unpaired) electrons. The van der Waals surface area contributed by atoms with Gasteiger partial charge in [-0.25, -0.2) is 0 Å². The zero-order valence-electron chi connectivity index (χ0n) is 6.44. The monoisotopic (exact) mass is 145 g/mol. The first-order valence-corrected chi connectivity index (χ1v) is 3.27. The minimum Gasteiger partial charge on any atom is -0.390 e. The van der Waals surface area contributed by atoms with E-state index in [9.17, 15) is 0 Å². The van der Waals surface area contributed by atoms with E-state index in [1.54, 1.807) is 7.05 Å². The van der Waals surface area contributed by atoms with Gasteiger partial charge in [-0.15, -0.1) is 0 Å². The van der Waals surface area contributed by atoms with Crippen molar-refractivity contribution in [3.05, 3.63) is 11.5 Å². The number of aliphatic hydroxyl groups is 1. The number of nitrogens with one attached hydrogen (secondary N) is 2. The minimum absolute atomic E-state index is 0.0550. The van der Waals surface area contributed by atoms with Crippen LogP contribution in [0.25, 0.3) is 0 Å². The molecular formula is C6H15N3O. The molecule has 0 heterocycles. The molecule has 0 aromatic heterocycles. The van der Waals surface area contributed by atoms with Crippen molar-refractivity contribution in [1.29, 1.82) is 0 Å². The maximum atomic E-state index is 8.72. The Kier molecular flexibility index (Phi) is 4.49. The van der Waals surface area contributed by atoms with E-state index < -0.39 is 0 Å². The van der Waals surface area contributed by atoms with Crippen molar-refractivity contribution in [3.8, 4) is 0 Å². The van der Waals surface area contributed by atoms with E-state index in [2.05, 4.69) is 10.6 Å². The summed E-state index contributed by atoms with van der Waals surface area (Å²) >= 11 is 0. The zero-order valence-corrected chi connectivity index (χ0v) is 6.44. The van der Waals surface area contributed by atoms with Crippen LogP contribution in [0.4, 0.5) is 0 Å². The number of likely N-dealkylation sites (N-methyl/N-ethyl adjacent to an activating group) is 1. The molecule has 0 rings (SSSR count). The van der Waals surface area contributed by atoms with E-state index in [0.29, 0.717) is 11.5 Å². The van der Waals surface area contributed by atoms with Crippen molar-refractivity contribution in [1.82, 2.24) is 10.6 Å². The molecule has 4 nitrogen and oxygen atoms in total. The molecule has 0 amide bonds. The highest BCUT2D eigenvalue weighted by Gasteiger charge is 1.96. The second kappa shape index (κ2) is 4.93. The van der Waals surface area contributed by atoms with Crippen molar-refractivity contribution in [3.63, 3.8) is 0 Å². The molecule has 0 aliphatic rings. The third-order valence-corrected chi connectivity index (χ3v) is 1.14. The molecule has 0 saturated heterocycles. The maximum absolute atomic E-state index is 8.72. The quantitative estimate of drug-likeness (QED) is 0.407. The van der Waals surface area contributed by atoms with Crippen LogP contribution in [0.15, 0.2) is 11.5 Å². The highest BCUT2D eigenvalue weighted by atomic mass is 16.3. The van der Waals surface area contributed by atoms with E-state index in [1.807, 2.05) is 6.92 Å². The third-order valence-electron chi connectivity index (χ3n) is 1.14. The number of hydrogen-bond acceptors (Lipinski definition) is 4. The van der Waals surface area contributed by atoms with Crippen molar-refractivity contribution >= 4 is 0 Å². The molecule has 0 unspecified atom stereocenters. The maximum Gasteiger partial charge on any atom is 0.118 e. The van der Waals surface area contributed by atoms with Crippen LogP contribution in [0.3, 0.4) is 0 Å². The predicted octanol–water partition coefficient (Wildman–Crippen LogP) is -1.06. The number of aliphatic hydroxyl groups excluding tert-OH is 1. The largest absolute Gasteiger partial charge is 0.390 e. The summed E-state index contributed by atoms with van der Waals surface area (Å²) in [5, 5.41) is 14.4. The smallest absolute Gasteiger partial charge is 0.118 e. The normalized spacial score (nSPS) is 12.3. The number of hydrogen-bond donors (Lipinski definition) is 4. The zero-order chi connectivity index (χ0) is 7.98. The highest BCUT2D eigenvalue weighted by Crippen LogP contribution is 1.87. The lowest BCUT2D eigenvalue weighted by Crippen LogP contribution is -2.27. The van der Waals surface area contributed by atoms with Gasteiger partial charge in [0.1, 0.15) is 5.82 Å². The molecule has 0 saturated carbocycles. The summed E-state index contributed by atoms with van der Waals surface area (Å²) < 4.78 is 0. The molecule has 10 heavy (non-hydrogen) atoms. The van der Waals surface area contributed by atoms with Crippen LogP contribution in [0.2, 0.25) is 0 Å². The summed E-state index contributed by atoms with van der Waals surface area (Å²) in [5.74, 6) is 0.490. The number of nitrogens with two attached hydrogens (primary N) is 1. The van der Waals surface area contributed by atoms with Gasteiger partial charge in [-0.3, -0.25) is 0 Å². The Hall–Kier alpha value is -0.900. The van der Waals surface area contributed by atoms with Gasteiger partial charge in [-0.1, -0.05) is 0 Å². The standard InChI is InChI=1S/C6H15N3O/c1-3-9-5(4-10)6(7)8-2/h8-10H,3-4,7H2,1-2H3/b6-5+. The van der Waals surface area contributed by atoms with Crippen molar-refractivity contribution in [2.75, 3.05) is 20.2 Å². The molecular weight excluding hydrogens is 130 g/mol. The first kappa shape index (κ1) is 9.10. The molecule has 4 heteroatoms. The summed E-state index contributed by atoms with van der Waals surface area (Å²) in [4.78, 5) is 0. The van der Waals surface area contributed by atoms with Crippen LogP contribution >= 0.6 is 0 Å². The molecule has 0 spiro atoms. The van der Waals surface area contributed by atoms with Gasteiger partial charge in [0, 0.05) is 13.6 Å². The molecule has 0 aromatic rings. The SMILES string of the molecule is CCN/C(CO)=C(\N)NC. The van der Waals surface area contributed by atoms with Crippen LogP contribution < -0.4 is 16.4 Å². The highest BCUT2D eigenvalue weighted by molar-refractivity contribution is 5.06. The average molecular weight is 145 g/mol. The van der Waals surface area contributed by atoms with E-state index in [4.69, 9.17) is 10.8 Å². The lowest BCUT2D eigenvalue weighted by molar-refractivity contribution is 0.319. The fourth-order valence-corrected chi connectivity index (χ4v) is 0.601. The molecule has 0 atom stereocenters. The summed E-state index contributed by atoms with van der Waals surface area (Å²) in [5.41, 5.74) is 6.10. The van der Waals surface area contributed by atoms with E-state index in [-0.39, 0.29) is 6.61 Å². The van der Waals surface area contributed by atoms with E-state index >= 15 is 0 Å². The van der Waals surface area contributed by atoms with Gasteiger partial charge in [-0.05, 0) is 6.92 Å². The van der Waals surface area contributed by atoms with Crippen molar-refractivity contribution in [2.24, 2.45) is 5.73 Å². The van der Waals surface area contributed by atoms with Crippen LogP contribution in [-0.4, -0.2) is 25.3 Å². The molecule has 0 bridgehead atoms. The van der Waals surface area contributed by atoms with Crippen LogP contribution in [0.1, 0.15) is 6.92 Å². The topological polar surface area (TPSA) is 70.3 Å². The Bertz CT molecular complexity index is 122. The first-order valence-electron chi connectivity index (χ1n) is 3.27. The summed E-state index contributed by atoms with van der Waals surface area (Å²) in [6.45, 7) is 2.65. The minimum atomic E-state index is -0.0550. The lowest BCUT2D eigenvalue weighted by Gasteiger charge is -2.09. The second-order valence-corrected chi connectivity index (χ2v) is 1.83. The Morgan fingerprint density at radius 3 is 2.50 bits per heavy atom.